The zero-order valence-corrected chi connectivity index (χ0v) is 11.9. The van der Waals surface area contributed by atoms with E-state index in [1.807, 2.05) is 25.3 Å². The van der Waals surface area contributed by atoms with Crippen molar-refractivity contribution in [3.8, 4) is 5.75 Å². The topological polar surface area (TPSA) is 47.3 Å². The Bertz CT molecular complexity index is 521. The molecule has 0 radical (unpaired) electrons. The van der Waals surface area contributed by atoms with Crippen molar-refractivity contribution in [2.24, 2.45) is 0 Å². The first-order chi connectivity index (χ1) is 8.52. The summed E-state index contributed by atoms with van der Waals surface area (Å²) < 4.78 is 7.09. The Morgan fingerprint density at radius 2 is 2.28 bits per heavy atom. The molecule has 2 rings (SSSR count). The summed E-state index contributed by atoms with van der Waals surface area (Å²) in [6.45, 7) is 6.48. The van der Waals surface area contributed by atoms with Crippen LogP contribution in [0.2, 0.25) is 0 Å². The summed E-state index contributed by atoms with van der Waals surface area (Å²) in [5.41, 5.74) is 0.699. The lowest BCUT2D eigenvalue weighted by Crippen LogP contribution is -2.27. The van der Waals surface area contributed by atoms with Crippen LogP contribution in [-0.2, 0) is 12.1 Å². The molecule has 1 N–H and O–H groups in total. The lowest BCUT2D eigenvalue weighted by atomic mass is 9.97. The number of aliphatic hydroxyl groups is 1. The average Bonchev–Trinajstić information content (AvgIpc) is 2.94. The molecule has 5 heteroatoms. The molecule has 0 bridgehead atoms. The summed E-state index contributed by atoms with van der Waals surface area (Å²) in [4.78, 5) is 0.927. The number of methoxy groups -OCH3 is 1. The van der Waals surface area contributed by atoms with Gasteiger partial charge in [0, 0.05) is 11.4 Å². The van der Waals surface area contributed by atoms with Gasteiger partial charge in [-0.25, -0.2) is 0 Å². The second-order valence-corrected chi connectivity index (χ2v) is 5.30. The normalized spacial score (nSPS) is 14.5. The smallest absolute Gasteiger partial charge is 0.163 e. The fourth-order valence-corrected chi connectivity index (χ4v) is 3.22. The summed E-state index contributed by atoms with van der Waals surface area (Å²) in [6, 6.07) is 2.01. The summed E-state index contributed by atoms with van der Waals surface area (Å²) in [5, 5.41) is 17.1. The van der Waals surface area contributed by atoms with Crippen molar-refractivity contribution >= 4 is 11.3 Å². The molecule has 0 aliphatic carbocycles. The van der Waals surface area contributed by atoms with Crippen LogP contribution >= 0.6 is 11.3 Å². The van der Waals surface area contributed by atoms with E-state index in [9.17, 15) is 5.11 Å². The molecule has 0 saturated heterocycles. The second-order valence-electron chi connectivity index (χ2n) is 4.38. The van der Waals surface area contributed by atoms with Crippen LogP contribution in [-0.4, -0.2) is 22.0 Å². The molecule has 1 atom stereocenters. The predicted octanol–water partition coefficient (Wildman–Crippen LogP) is 2.54. The van der Waals surface area contributed by atoms with Crippen molar-refractivity contribution in [3.05, 3.63) is 33.8 Å². The van der Waals surface area contributed by atoms with Crippen LogP contribution in [0.3, 0.4) is 0 Å². The van der Waals surface area contributed by atoms with E-state index in [1.165, 1.54) is 0 Å². The van der Waals surface area contributed by atoms with Crippen molar-refractivity contribution in [2.75, 3.05) is 7.11 Å². The van der Waals surface area contributed by atoms with Gasteiger partial charge in [0.15, 0.2) is 5.75 Å². The molecule has 0 amide bonds. The number of rotatable bonds is 4. The molecule has 2 aromatic rings. The van der Waals surface area contributed by atoms with E-state index in [1.54, 1.807) is 36.2 Å². The maximum atomic E-state index is 10.9. The van der Waals surface area contributed by atoms with Crippen LogP contribution in [0, 0.1) is 6.92 Å². The highest BCUT2D eigenvalue weighted by Gasteiger charge is 2.35. The van der Waals surface area contributed by atoms with Gasteiger partial charge in [-0.15, -0.1) is 11.3 Å². The molecule has 98 valence electrons. The van der Waals surface area contributed by atoms with Gasteiger partial charge in [-0.1, -0.05) is 0 Å². The first-order valence-corrected chi connectivity index (χ1v) is 6.77. The van der Waals surface area contributed by atoms with E-state index in [0.717, 1.165) is 10.4 Å². The minimum absolute atomic E-state index is 0.620. The van der Waals surface area contributed by atoms with Gasteiger partial charge in [0.25, 0.3) is 0 Å². The Hall–Kier alpha value is -1.33. The van der Waals surface area contributed by atoms with E-state index in [0.29, 0.717) is 18.0 Å². The van der Waals surface area contributed by atoms with Crippen molar-refractivity contribution in [2.45, 2.75) is 32.9 Å². The monoisotopic (exact) mass is 266 g/mol. The van der Waals surface area contributed by atoms with Gasteiger partial charge in [0.1, 0.15) is 11.3 Å². The van der Waals surface area contributed by atoms with Gasteiger partial charge < -0.3 is 9.84 Å². The number of ether oxygens (including phenoxy) is 1. The predicted molar refractivity (Wildman–Crippen MR) is 72.2 cm³/mol. The summed E-state index contributed by atoms with van der Waals surface area (Å²) in [5.74, 6) is 0.620. The van der Waals surface area contributed by atoms with Crippen molar-refractivity contribution in [1.82, 2.24) is 9.78 Å². The molecular weight excluding hydrogens is 248 g/mol. The molecule has 1 unspecified atom stereocenters. The van der Waals surface area contributed by atoms with Crippen LogP contribution in [0.25, 0.3) is 0 Å². The number of aromatic nitrogens is 2. The van der Waals surface area contributed by atoms with Crippen molar-refractivity contribution < 1.29 is 9.84 Å². The minimum Gasteiger partial charge on any atom is -0.493 e. The Kier molecular flexibility index (Phi) is 3.45. The number of hydrogen-bond donors (Lipinski definition) is 1. The Labute approximate surface area is 111 Å². The Morgan fingerprint density at radius 3 is 2.78 bits per heavy atom. The van der Waals surface area contributed by atoms with Crippen LogP contribution in [0.1, 0.15) is 30.0 Å². The maximum Gasteiger partial charge on any atom is 0.163 e. The summed E-state index contributed by atoms with van der Waals surface area (Å²) in [6.07, 6.45) is 1.65. The molecule has 4 nitrogen and oxygen atoms in total. The molecule has 0 aliphatic rings. The maximum absolute atomic E-state index is 10.9. The lowest BCUT2D eigenvalue weighted by Gasteiger charge is -2.25. The Morgan fingerprint density at radius 1 is 1.56 bits per heavy atom. The zero-order valence-electron chi connectivity index (χ0n) is 11.1. The highest BCUT2D eigenvalue weighted by molar-refractivity contribution is 7.10. The van der Waals surface area contributed by atoms with Gasteiger partial charge >= 0.3 is 0 Å². The molecule has 0 aliphatic heterocycles. The fourth-order valence-electron chi connectivity index (χ4n) is 2.23. The number of hydrogen-bond acceptors (Lipinski definition) is 4. The molecule has 0 saturated carbocycles. The molecule has 0 fully saturated rings. The van der Waals surface area contributed by atoms with Gasteiger partial charge in [0.2, 0.25) is 0 Å². The van der Waals surface area contributed by atoms with Crippen molar-refractivity contribution in [1.29, 1.82) is 0 Å². The van der Waals surface area contributed by atoms with Crippen LogP contribution in [0.4, 0.5) is 0 Å². The van der Waals surface area contributed by atoms with Gasteiger partial charge in [-0.05, 0) is 37.8 Å². The molecule has 2 aromatic heterocycles. The van der Waals surface area contributed by atoms with Crippen LogP contribution < -0.4 is 4.74 Å². The average molecular weight is 266 g/mol. The van der Waals surface area contributed by atoms with E-state index < -0.39 is 5.60 Å². The third-order valence-corrected chi connectivity index (χ3v) is 4.32. The van der Waals surface area contributed by atoms with Gasteiger partial charge in [-0.3, -0.25) is 4.68 Å². The number of nitrogens with zero attached hydrogens (tertiary/aromatic N) is 2. The molecule has 2 heterocycles. The molecule has 0 spiro atoms. The van der Waals surface area contributed by atoms with Crippen molar-refractivity contribution in [3.63, 3.8) is 0 Å². The van der Waals surface area contributed by atoms with Gasteiger partial charge in [-0.2, -0.15) is 5.10 Å². The third kappa shape index (κ3) is 1.93. The van der Waals surface area contributed by atoms with Crippen LogP contribution in [0.15, 0.2) is 17.6 Å². The molecule has 18 heavy (non-hydrogen) atoms. The zero-order chi connectivity index (χ0) is 13.3. The highest BCUT2D eigenvalue weighted by atomic mass is 32.1. The van der Waals surface area contributed by atoms with Crippen LogP contribution in [0.5, 0.6) is 5.75 Å². The quantitative estimate of drug-likeness (QED) is 0.925. The molecular formula is C13H18N2O2S. The van der Waals surface area contributed by atoms with E-state index >= 15 is 0 Å². The lowest BCUT2D eigenvalue weighted by molar-refractivity contribution is 0.0918. The van der Waals surface area contributed by atoms with E-state index in [2.05, 4.69) is 5.10 Å². The molecule has 0 aromatic carbocycles. The Balaban J connectivity index is 2.59. The number of thiophene rings is 1. The van der Waals surface area contributed by atoms with Gasteiger partial charge in [0.05, 0.1) is 13.3 Å². The summed E-state index contributed by atoms with van der Waals surface area (Å²) >= 11 is 1.55. The number of aryl methyl sites for hydroxylation is 2. The highest BCUT2D eigenvalue weighted by Crippen LogP contribution is 2.39. The SMILES string of the molecule is CCn1ncc(OC)c1C(C)(O)c1sccc1C. The first kappa shape index (κ1) is 13.1. The third-order valence-electron chi connectivity index (χ3n) is 3.09. The van der Waals surface area contributed by atoms with E-state index in [-0.39, 0.29) is 0 Å². The summed E-state index contributed by atoms with van der Waals surface area (Å²) in [7, 11) is 1.60. The minimum atomic E-state index is -1.09. The second kappa shape index (κ2) is 4.74. The largest absolute Gasteiger partial charge is 0.493 e. The standard InChI is InChI=1S/C13H18N2O2S/c1-5-15-11(10(17-4)8-14-15)13(3,16)12-9(2)6-7-18-12/h6-8,16H,5H2,1-4H3. The van der Waals surface area contributed by atoms with E-state index in [4.69, 9.17) is 4.74 Å². The fraction of sp³-hybridized carbons (Fsp3) is 0.462. The first-order valence-electron chi connectivity index (χ1n) is 5.89.